The van der Waals surface area contributed by atoms with Crippen molar-refractivity contribution in [3.8, 4) is 0 Å². The van der Waals surface area contributed by atoms with Crippen LogP contribution in [0.3, 0.4) is 0 Å². The second kappa shape index (κ2) is 11.1. The summed E-state index contributed by atoms with van der Waals surface area (Å²) in [6, 6.07) is 42.2. The molecule has 0 aliphatic heterocycles. The van der Waals surface area contributed by atoms with Crippen LogP contribution < -0.4 is 0 Å². The van der Waals surface area contributed by atoms with Crippen molar-refractivity contribution in [2.24, 2.45) is 0 Å². The van der Waals surface area contributed by atoms with E-state index in [1.165, 1.54) is 22.3 Å². The molecule has 0 spiro atoms. The Bertz CT molecular complexity index is 968. The van der Waals surface area contributed by atoms with Gasteiger partial charge in [-0.1, -0.05) is 160 Å². The zero-order valence-corrected chi connectivity index (χ0v) is 22.1. The van der Waals surface area contributed by atoms with Crippen molar-refractivity contribution in [2.45, 2.75) is 35.3 Å². The molecular weight excluding hydrogens is 520 g/mol. The Hall–Kier alpha value is -2.16. The third-order valence-corrected chi connectivity index (χ3v) is 9.15. The average molecular weight is 550 g/mol. The van der Waals surface area contributed by atoms with E-state index in [2.05, 4.69) is 162 Å². The number of alkyl halides is 2. The molecule has 2 heteroatoms. The fraction of sp³-hybridized carbons (Fsp3) is 0.200. The standard InChI is InChI=1S/C16H16Br2.C14H14/c1-15(17,13-9-5-3-6-10-13)16(2,18)14-11-7-4-8-12-14;1-12(13-8-4-2-5-9-13)14-10-6-3-7-11-14/h3-12H,1-2H3;2-12H,1H3. The van der Waals surface area contributed by atoms with Gasteiger partial charge < -0.3 is 0 Å². The molecule has 0 aliphatic rings. The largest absolute Gasteiger partial charge is 0.0785 e. The first-order valence-electron chi connectivity index (χ1n) is 10.9. The predicted molar refractivity (Wildman–Crippen MR) is 146 cm³/mol. The van der Waals surface area contributed by atoms with Gasteiger partial charge in [0, 0.05) is 5.92 Å². The van der Waals surface area contributed by atoms with E-state index < -0.39 is 0 Å². The summed E-state index contributed by atoms with van der Waals surface area (Å²) in [7, 11) is 0. The first kappa shape index (κ1) is 24.5. The molecule has 0 nitrogen and oxygen atoms in total. The van der Waals surface area contributed by atoms with Crippen LogP contribution in [-0.2, 0) is 8.65 Å². The highest BCUT2D eigenvalue weighted by Crippen LogP contribution is 2.52. The fourth-order valence-electron chi connectivity index (χ4n) is 3.72. The molecule has 0 N–H and O–H groups in total. The minimum absolute atomic E-state index is 0.178. The summed E-state index contributed by atoms with van der Waals surface area (Å²) in [5, 5.41) is 0. The molecule has 0 aliphatic carbocycles. The quantitative estimate of drug-likeness (QED) is 0.217. The highest BCUT2D eigenvalue weighted by atomic mass is 79.9. The van der Waals surface area contributed by atoms with E-state index in [0.717, 1.165) is 0 Å². The van der Waals surface area contributed by atoms with Gasteiger partial charge in [0.25, 0.3) is 0 Å². The molecule has 0 heterocycles. The average Bonchev–Trinajstić information content (AvgIpc) is 2.86. The maximum Gasteiger partial charge on any atom is 0.0668 e. The Balaban J connectivity index is 0.000000186. The molecular formula is C30H30Br2. The first-order chi connectivity index (χ1) is 15.3. The van der Waals surface area contributed by atoms with Crippen molar-refractivity contribution in [3.63, 3.8) is 0 Å². The van der Waals surface area contributed by atoms with Gasteiger partial charge in [-0.3, -0.25) is 0 Å². The van der Waals surface area contributed by atoms with Crippen LogP contribution in [0.2, 0.25) is 0 Å². The first-order valence-corrected chi connectivity index (χ1v) is 12.5. The molecule has 0 saturated carbocycles. The summed E-state index contributed by atoms with van der Waals surface area (Å²) in [5.41, 5.74) is 5.26. The van der Waals surface area contributed by atoms with Gasteiger partial charge >= 0.3 is 0 Å². The minimum Gasteiger partial charge on any atom is -0.0785 e. The number of rotatable bonds is 5. The SMILES string of the molecule is CC(Br)(c1ccccc1)C(C)(Br)c1ccccc1.CC(c1ccccc1)c1ccccc1. The molecule has 4 rings (SSSR count). The monoisotopic (exact) mass is 548 g/mol. The van der Waals surface area contributed by atoms with Gasteiger partial charge in [0.05, 0.1) is 8.65 Å². The van der Waals surface area contributed by atoms with Crippen molar-refractivity contribution in [1.29, 1.82) is 0 Å². The third kappa shape index (κ3) is 5.79. The van der Waals surface area contributed by atoms with Crippen LogP contribution in [0.15, 0.2) is 121 Å². The topological polar surface area (TPSA) is 0 Å². The third-order valence-electron chi connectivity index (χ3n) is 6.11. The number of hydrogen-bond acceptors (Lipinski definition) is 0. The molecule has 2 unspecified atom stereocenters. The molecule has 0 aromatic heterocycles. The van der Waals surface area contributed by atoms with Crippen LogP contribution in [0.5, 0.6) is 0 Å². The van der Waals surface area contributed by atoms with E-state index in [1.807, 2.05) is 12.1 Å². The molecule has 2 atom stereocenters. The zero-order valence-electron chi connectivity index (χ0n) is 18.9. The molecule has 4 aromatic carbocycles. The van der Waals surface area contributed by atoms with Gasteiger partial charge in [-0.25, -0.2) is 0 Å². The van der Waals surface area contributed by atoms with Crippen LogP contribution in [-0.4, -0.2) is 0 Å². The van der Waals surface area contributed by atoms with Crippen LogP contribution >= 0.6 is 31.9 Å². The van der Waals surface area contributed by atoms with Crippen LogP contribution in [0.25, 0.3) is 0 Å². The Kier molecular flexibility index (Phi) is 8.51. The second-order valence-corrected chi connectivity index (χ2v) is 11.5. The molecule has 0 fully saturated rings. The van der Waals surface area contributed by atoms with E-state index in [-0.39, 0.29) is 8.65 Å². The lowest BCUT2D eigenvalue weighted by Crippen LogP contribution is -2.35. The molecule has 0 bridgehead atoms. The Labute approximate surface area is 210 Å². The Morgan fingerprint density at radius 3 is 1.00 bits per heavy atom. The second-order valence-electron chi connectivity index (χ2n) is 8.28. The molecule has 0 saturated heterocycles. The van der Waals surface area contributed by atoms with Gasteiger partial charge in [-0.2, -0.15) is 0 Å². The van der Waals surface area contributed by atoms with E-state index >= 15 is 0 Å². The van der Waals surface area contributed by atoms with Crippen molar-refractivity contribution in [1.82, 2.24) is 0 Å². The summed E-state index contributed by atoms with van der Waals surface area (Å²) < 4.78 is -0.356. The molecule has 4 aromatic rings. The maximum atomic E-state index is 3.90. The summed E-state index contributed by atoms with van der Waals surface area (Å²) in [5.74, 6) is 0.484. The summed E-state index contributed by atoms with van der Waals surface area (Å²) >= 11 is 7.80. The van der Waals surface area contributed by atoms with Crippen molar-refractivity contribution in [3.05, 3.63) is 144 Å². The summed E-state index contributed by atoms with van der Waals surface area (Å²) in [4.78, 5) is 0. The van der Waals surface area contributed by atoms with E-state index in [0.29, 0.717) is 5.92 Å². The minimum atomic E-state index is -0.178. The van der Waals surface area contributed by atoms with E-state index in [9.17, 15) is 0 Å². The van der Waals surface area contributed by atoms with Crippen molar-refractivity contribution >= 4 is 31.9 Å². The Morgan fingerprint density at radius 2 is 0.719 bits per heavy atom. The van der Waals surface area contributed by atoms with Crippen LogP contribution in [0.4, 0.5) is 0 Å². The normalized spacial score (nSPS) is 14.6. The number of benzene rings is 4. The lowest BCUT2D eigenvalue weighted by molar-refractivity contribution is 0.540. The fourth-order valence-corrected chi connectivity index (χ4v) is 4.71. The lowest BCUT2D eigenvalue weighted by atomic mass is 9.83. The zero-order chi connectivity index (χ0) is 23.0. The number of hydrogen-bond donors (Lipinski definition) is 0. The molecule has 164 valence electrons. The van der Waals surface area contributed by atoms with E-state index in [4.69, 9.17) is 0 Å². The lowest BCUT2D eigenvalue weighted by Gasteiger charge is -2.39. The van der Waals surface area contributed by atoms with E-state index in [1.54, 1.807) is 0 Å². The molecule has 32 heavy (non-hydrogen) atoms. The van der Waals surface area contributed by atoms with Gasteiger partial charge in [0.2, 0.25) is 0 Å². The van der Waals surface area contributed by atoms with Gasteiger partial charge in [0.15, 0.2) is 0 Å². The van der Waals surface area contributed by atoms with Gasteiger partial charge in [0.1, 0.15) is 0 Å². The highest BCUT2D eigenvalue weighted by molar-refractivity contribution is 9.12. The summed E-state index contributed by atoms with van der Waals surface area (Å²) in [6.07, 6.45) is 0. The van der Waals surface area contributed by atoms with Gasteiger partial charge in [-0.05, 0) is 36.1 Å². The van der Waals surface area contributed by atoms with Crippen molar-refractivity contribution in [2.75, 3.05) is 0 Å². The number of halogens is 2. The molecule has 0 amide bonds. The highest BCUT2D eigenvalue weighted by Gasteiger charge is 2.43. The molecule has 0 radical (unpaired) electrons. The predicted octanol–water partition coefficient (Wildman–Crippen LogP) is 9.45. The summed E-state index contributed by atoms with van der Waals surface area (Å²) in [6.45, 7) is 6.64. The van der Waals surface area contributed by atoms with Gasteiger partial charge in [-0.15, -0.1) is 0 Å². The van der Waals surface area contributed by atoms with Crippen molar-refractivity contribution < 1.29 is 0 Å². The smallest absolute Gasteiger partial charge is 0.0668 e. The van der Waals surface area contributed by atoms with Crippen LogP contribution in [0, 0.1) is 0 Å². The van der Waals surface area contributed by atoms with Crippen LogP contribution in [0.1, 0.15) is 48.9 Å². The maximum absolute atomic E-state index is 3.90. The Morgan fingerprint density at radius 1 is 0.469 bits per heavy atom.